The van der Waals surface area contributed by atoms with Gasteiger partial charge in [-0.25, -0.2) is 0 Å². The number of para-hydroxylation sites is 1. The van der Waals surface area contributed by atoms with Gasteiger partial charge < -0.3 is 15.1 Å². The first-order valence-electron chi connectivity index (χ1n) is 12.8. The molecule has 2 aromatic rings. The van der Waals surface area contributed by atoms with E-state index in [0.717, 1.165) is 45.6 Å². The molecule has 1 saturated carbocycles. The predicted octanol–water partition coefficient (Wildman–Crippen LogP) is 3.42. The third-order valence-corrected chi connectivity index (χ3v) is 7.75. The van der Waals surface area contributed by atoms with E-state index in [2.05, 4.69) is 63.6 Å². The van der Waals surface area contributed by atoms with E-state index < -0.39 is 0 Å². The van der Waals surface area contributed by atoms with Gasteiger partial charge in [0.2, 0.25) is 11.8 Å². The van der Waals surface area contributed by atoms with Crippen molar-refractivity contribution in [3.8, 4) is 0 Å². The maximum Gasteiger partial charge on any atom is 0.225 e. The molecule has 3 fully saturated rings. The quantitative estimate of drug-likeness (QED) is 0.688. The van der Waals surface area contributed by atoms with Gasteiger partial charge >= 0.3 is 0 Å². The van der Waals surface area contributed by atoms with Gasteiger partial charge in [-0.3, -0.25) is 14.5 Å². The standard InChI is InChI=1S/C28H36N4O2/c33-27-18-24(21-32(27)26-12-6-7-13-26)28(34)29-19-22-8-4-5-9-23(22)20-30-14-16-31(17-15-30)25-10-2-1-3-11-25/h1-5,8-11,24,26H,6-7,12-21H2,(H,29,34). The SMILES string of the molecule is O=C(NCc1ccccc1CN1CCN(c2ccccc2)CC1)C1CC(=O)N(C2CCCC2)C1. The van der Waals surface area contributed by atoms with Crippen LogP contribution in [0.3, 0.4) is 0 Å². The molecule has 2 amide bonds. The summed E-state index contributed by atoms with van der Waals surface area (Å²) in [6.45, 7) is 6.10. The van der Waals surface area contributed by atoms with Crippen LogP contribution in [0.1, 0.15) is 43.2 Å². The van der Waals surface area contributed by atoms with Crippen LogP contribution in [0.5, 0.6) is 0 Å². The van der Waals surface area contributed by atoms with Crippen LogP contribution in [-0.2, 0) is 22.7 Å². The summed E-state index contributed by atoms with van der Waals surface area (Å²) in [6.07, 6.45) is 4.93. The van der Waals surface area contributed by atoms with Crippen LogP contribution < -0.4 is 10.2 Å². The van der Waals surface area contributed by atoms with Crippen molar-refractivity contribution in [1.29, 1.82) is 0 Å². The summed E-state index contributed by atoms with van der Waals surface area (Å²) in [5.74, 6) is -0.0476. The van der Waals surface area contributed by atoms with E-state index >= 15 is 0 Å². The normalized spacial score (nSPS) is 21.9. The van der Waals surface area contributed by atoms with Gasteiger partial charge in [0, 0.05) is 64.0 Å². The molecule has 0 bridgehead atoms. The number of carbonyl (C=O) groups is 2. The lowest BCUT2D eigenvalue weighted by Crippen LogP contribution is -2.46. The molecule has 1 unspecified atom stereocenters. The molecule has 6 heteroatoms. The molecule has 180 valence electrons. The number of carbonyl (C=O) groups excluding carboxylic acids is 2. The second-order valence-corrected chi connectivity index (χ2v) is 9.97. The van der Waals surface area contributed by atoms with E-state index in [0.29, 0.717) is 25.6 Å². The fourth-order valence-electron chi connectivity index (χ4n) is 5.73. The van der Waals surface area contributed by atoms with Crippen LogP contribution in [0.25, 0.3) is 0 Å². The zero-order valence-electron chi connectivity index (χ0n) is 20.0. The molecule has 2 heterocycles. The maximum absolute atomic E-state index is 12.9. The highest BCUT2D eigenvalue weighted by Crippen LogP contribution is 2.29. The molecular formula is C28H36N4O2. The third kappa shape index (κ3) is 5.27. The average molecular weight is 461 g/mol. The van der Waals surface area contributed by atoms with Gasteiger partial charge in [-0.05, 0) is 36.1 Å². The topological polar surface area (TPSA) is 55.9 Å². The van der Waals surface area contributed by atoms with Gasteiger partial charge in [0.1, 0.15) is 0 Å². The Morgan fingerprint density at radius 2 is 1.56 bits per heavy atom. The summed E-state index contributed by atoms with van der Waals surface area (Å²) < 4.78 is 0. The van der Waals surface area contributed by atoms with E-state index in [1.54, 1.807) is 0 Å². The van der Waals surface area contributed by atoms with Gasteiger partial charge in [-0.15, -0.1) is 0 Å². The van der Waals surface area contributed by atoms with Crippen molar-refractivity contribution in [2.45, 2.75) is 51.2 Å². The van der Waals surface area contributed by atoms with Gasteiger partial charge in [0.25, 0.3) is 0 Å². The molecule has 34 heavy (non-hydrogen) atoms. The first-order valence-corrected chi connectivity index (χ1v) is 12.8. The third-order valence-electron chi connectivity index (χ3n) is 7.75. The van der Waals surface area contributed by atoms with Gasteiger partial charge in [-0.1, -0.05) is 55.3 Å². The van der Waals surface area contributed by atoms with Crippen LogP contribution in [0.4, 0.5) is 5.69 Å². The van der Waals surface area contributed by atoms with Crippen LogP contribution >= 0.6 is 0 Å². The lowest BCUT2D eigenvalue weighted by atomic mass is 10.0. The molecular weight excluding hydrogens is 424 g/mol. The summed E-state index contributed by atoms with van der Waals surface area (Å²) in [6, 6.07) is 19.4. The zero-order chi connectivity index (χ0) is 23.3. The predicted molar refractivity (Wildman–Crippen MR) is 134 cm³/mol. The Morgan fingerprint density at radius 1 is 0.882 bits per heavy atom. The van der Waals surface area contributed by atoms with E-state index in [4.69, 9.17) is 0 Å². The lowest BCUT2D eigenvalue weighted by molar-refractivity contribution is -0.130. The molecule has 0 aromatic heterocycles. The Morgan fingerprint density at radius 3 is 2.29 bits per heavy atom. The molecule has 6 nitrogen and oxygen atoms in total. The molecule has 0 radical (unpaired) electrons. The summed E-state index contributed by atoms with van der Waals surface area (Å²) in [7, 11) is 0. The smallest absolute Gasteiger partial charge is 0.225 e. The summed E-state index contributed by atoms with van der Waals surface area (Å²) in [5, 5.41) is 3.13. The minimum atomic E-state index is -0.216. The van der Waals surface area contributed by atoms with Crippen molar-refractivity contribution in [1.82, 2.24) is 15.1 Å². The Hall–Kier alpha value is -2.86. The summed E-state index contributed by atoms with van der Waals surface area (Å²) in [5.41, 5.74) is 3.73. The van der Waals surface area contributed by atoms with E-state index in [9.17, 15) is 9.59 Å². The monoisotopic (exact) mass is 460 g/mol. The van der Waals surface area contributed by atoms with E-state index in [1.807, 2.05) is 11.0 Å². The lowest BCUT2D eigenvalue weighted by Gasteiger charge is -2.36. The summed E-state index contributed by atoms with van der Waals surface area (Å²) >= 11 is 0. The first-order chi connectivity index (χ1) is 16.7. The van der Waals surface area contributed by atoms with Gasteiger partial charge in [-0.2, -0.15) is 0 Å². The number of likely N-dealkylation sites (tertiary alicyclic amines) is 1. The van der Waals surface area contributed by atoms with Crippen molar-refractivity contribution in [2.75, 3.05) is 37.6 Å². The highest BCUT2D eigenvalue weighted by Gasteiger charge is 2.38. The molecule has 2 aliphatic heterocycles. The minimum absolute atomic E-state index is 0.0140. The van der Waals surface area contributed by atoms with Crippen molar-refractivity contribution < 1.29 is 9.59 Å². The number of amides is 2. The number of rotatable bonds is 7. The number of hydrogen-bond acceptors (Lipinski definition) is 4. The fraction of sp³-hybridized carbons (Fsp3) is 0.500. The van der Waals surface area contributed by atoms with Crippen molar-refractivity contribution in [3.63, 3.8) is 0 Å². The van der Waals surface area contributed by atoms with Crippen molar-refractivity contribution >= 4 is 17.5 Å². The number of anilines is 1. The van der Waals surface area contributed by atoms with Crippen molar-refractivity contribution in [3.05, 3.63) is 65.7 Å². The van der Waals surface area contributed by atoms with Crippen molar-refractivity contribution in [2.24, 2.45) is 5.92 Å². The number of benzene rings is 2. The van der Waals surface area contributed by atoms with Crippen LogP contribution in [0.15, 0.2) is 54.6 Å². The largest absolute Gasteiger partial charge is 0.369 e. The second-order valence-electron chi connectivity index (χ2n) is 9.97. The minimum Gasteiger partial charge on any atom is -0.369 e. The average Bonchev–Trinajstić information content (AvgIpc) is 3.54. The molecule has 2 saturated heterocycles. The first kappa shape index (κ1) is 22.9. The molecule has 3 aliphatic rings. The molecule has 1 aliphatic carbocycles. The van der Waals surface area contributed by atoms with E-state index in [1.165, 1.54) is 29.7 Å². The Balaban J connectivity index is 1.13. The van der Waals surface area contributed by atoms with Crippen LogP contribution in [-0.4, -0.2) is 60.4 Å². The van der Waals surface area contributed by atoms with Gasteiger partial charge in [0.05, 0.1) is 5.92 Å². The maximum atomic E-state index is 12.9. The number of hydrogen-bond donors (Lipinski definition) is 1. The Bertz CT molecular complexity index is 981. The Labute approximate surface area is 202 Å². The van der Waals surface area contributed by atoms with Gasteiger partial charge in [0.15, 0.2) is 0 Å². The molecule has 2 aromatic carbocycles. The van der Waals surface area contributed by atoms with Crippen LogP contribution in [0, 0.1) is 5.92 Å². The molecule has 1 N–H and O–H groups in total. The number of piperazine rings is 1. The fourth-order valence-corrected chi connectivity index (χ4v) is 5.73. The Kier molecular flexibility index (Phi) is 7.14. The highest BCUT2D eigenvalue weighted by molar-refractivity contribution is 5.89. The van der Waals surface area contributed by atoms with E-state index in [-0.39, 0.29) is 17.7 Å². The molecule has 1 atom stereocenters. The number of nitrogens with one attached hydrogen (secondary N) is 1. The number of nitrogens with zero attached hydrogens (tertiary/aromatic N) is 3. The molecule has 0 spiro atoms. The van der Waals surface area contributed by atoms with Crippen LogP contribution in [0.2, 0.25) is 0 Å². The zero-order valence-corrected chi connectivity index (χ0v) is 20.0. The second kappa shape index (κ2) is 10.6. The highest BCUT2D eigenvalue weighted by atomic mass is 16.2. The molecule has 5 rings (SSSR count). The summed E-state index contributed by atoms with van der Waals surface area (Å²) in [4.78, 5) is 32.3.